The van der Waals surface area contributed by atoms with Gasteiger partial charge in [-0.05, 0) is 18.4 Å². The first-order valence-corrected chi connectivity index (χ1v) is 7.40. The molecule has 0 unspecified atom stereocenters. The fraction of sp³-hybridized carbons (Fsp3) is 0.529. The fourth-order valence-electron chi connectivity index (χ4n) is 2.13. The van der Waals surface area contributed by atoms with Crippen LogP contribution in [0.2, 0.25) is 0 Å². The molecule has 0 aliphatic heterocycles. The van der Waals surface area contributed by atoms with E-state index in [1.54, 1.807) is 0 Å². The summed E-state index contributed by atoms with van der Waals surface area (Å²) in [6, 6.07) is 8.69. The monoisotopic (exact) mass is 281 g/mol. The van der Waals surface area contributed by atoms with E-state index in [9.17, 15) is 0 Å². The van der Waals surface area contributed by atoms with Gasteiger partial charge in [-0.3, -0.25) is 0 Å². The molecule has 0 heterocycles. The van der Waals surface area contributed by atoms with Crippen molar-refractivity contribution in [3.8, 4) is 0 Å². The summed E-state index contributed by atoms with van der Waals surface area (Å²) < 4.78 is 0. The molecule has 0 aliphatic carbocycles. The van der Waals surface area contributed by atoms with Gasteiger partial charge in [0.15, 0.2) is 0 Å². The minimum Gasteiger partial charge on any atom is -1.00 e. The van der Waals surface area contributed by atoms with Gasteiger partial charge in [-0.2, -0.15) is 0 Å². The van der Waals surface area contributed by atoms with Gasteiger partial charge in [-0.15, -0.1) is 0 Å². The first-order valence-electron chi connectivity index (χ1n) is 7.40. The summed E-state index contributed by atoms with van der Waals surface area (Å²) in [5, 5.41) is 2.42. The Morgan fingerprint density at radius 3 is 2.26 bits per heavy atom. The van der Waals surface area contributed by atoms with Crippen LogP contribution in [-0.2, 0) is 6.54 Å². The highest BCUT2D eigenvalue weighted by Crippen LogP contribution is 2.05. The fourth-order valence-corrected chi connectivity index (χ4v) is 2.13. The zero-order chi connectivity index (χ0) is 13.1. The van der Waals surface area contributed by atoms with Crippen molar-refractivity contribution in [1.82, 2.24) is 0 Å². The minimum atomic E-state index is 0. The third-order valence-electron chi connectivity index (χ3n) is 3.36. The molecule has 1 nitrogen and oxygen atoms in total. The molecular formula is C17H28ClN. The smallest absolute Gasteiger partial charge is 0.101 e. The molecule has 0 fully saturated rings. The number of halogens is 1. The van der Waals surface area contributed by atoms with Crippen molar-refractivity contribution >= 4 is 6.08 Å². The van der Waals surface area contributed by atoms with Crippen molar-refractivity contribution in [2.45, 2.75) is 52.0 Å². The summed E-state index contributed by atoms with van der Waals surface area (Å²) in [5.41, 5.74) is 2.61. The highest BCUT2D eigenvalue weighted by molar-refractivity contribution is 5.46. The van der Waals surface area contributed by atoms with Crippen LogP contribution in [0.25, 0.3) is 6.08 Å². The van der Waals surface area contributed by atoms with E-state index in [0.717, 1.165) is 6.54 Å². The summed E-state index contributed by atoms with van der Waals surface area (Å²) in [6.07, 6.45) is 10.2. The van der Waals surface area contributed by atoms with Crippen LogP contribution in [0.15, 0.2) is 30.8 Å². The van der Waals surface area contributed by atoms with Crippen LogP contribution >= 0.6 is 0 Å². The molecule has 0 spiro atoms. The summed E-state index contributed by atoms with van der Waals surface area (Å²) in [6.45, 7) is 8.40. The Morgan fingerprint density at radius 1 is 1.00 bits per heavy atom. The van der Waals surface area contributed by atoms with E-state index in [0.29, 0.717) is 0 Å². The maximum Gasteiger partial charge on any atom is 0.101 e. The summed E-state index contributed by atoms with van der Waals surface area (Å²) in [7, 11) is 0. The zero-order valence-electron chi connectivity index (χ0n) is 12.2. The molecule has 108 valence electrons. The molecule has 0 atom stereocenters. The highest BCUT2D eigenvalue weighted by atomic mass is 35.5. The number of rotatable bonds is 10. The molecule has 2 N–H and O–H groups in total. The second kappa shape index (κ2) is 12.3. The van der Waals surface area contributed by atoms with E-state index in [-0.39, 0.29) is 12.4 Å². The number of benzene rings is 1. The van der Waals surface area contributed by atoms with Gasteiger partial charge < -0.3 is 17.7 Å². The van der Waals surface area contributed by atoms with Gasteiger partial charge in [0.25, 0.3) is 0 Å². The first-order chi connectivity index (χ1) is 8.86. The van der Waals surface area contributed by atoms with Crippen molar-refractivity contribution in [2.24, 2.45) is 0 Å². The summed E-state index contributed by atoms with van der Waals surface area (Å²) in [4.78, 5) is 0. The SMILES string of the molecule is C=Cc1ccc(C[NH2+]CCCCCCCC)cc1.[Cl-]. The number of quaternary nitrogens is 1. The van der Waals surface area contributed by atoms with Gasteiger partial charge in [0, 0.05) is 5.56 Å². The van der Waals surface area contributed by atoms with E-state index >= 15 is 0 Å². The highest BCUT2D eigenvalue weighted by Gasteiger charge is 1.96. The molecule has 1 aromatic rings. The van der Waals surface area contributed by atoms with Crippen molar-refractivity contribution < 1.29 is 17.7 Å². The van der Waals surface area contributed by atoms with Gasteiger partial charge in [0.2, 0.25) is 0 Å². The lowest BCUT2D eigenvalue weighted by atomic mass is 10.1. The van der Waals surface area contributed by atoms with E-state index in [1.807, 2.05) is 6.08 Å². The van der Waals surface area contributed by atoms with E-state index < -0.39 is 0 Å². The van der Waals surface area contributed by atoms with Crippen molar-refractivity contribution in [1.29, 1.82) is 0 Å². The van der Waals surface area contributed by atoms with Gasteiger partial charge in [-0.1, -0.05) is 69.5 Å². The number of hydrogen-bond donors (Lipinski definition) is 1. The summed E-state index contributed by atoms with van der Waals surface area (Å²) in [5.74, 6) is 0. The van der Waals surface area contributed by atoms with Crippen molar-refractivity contribution in [2.75, 3.05) is 6.54 Å². The lowest BCUT2D eigenvalue weighted by molar-refractivity contribution is -0.671. The molecule has 0 saturated heterocycles. The van der Waals surface area contributed by atoms with E-state index in [1.165, 1.54) is 56.2 Å². The molecule has 0 saturated carbocycles. The normalized spacial score (nSPS) is 9.95. The van der Waals surface area contributed by atoms with Crippen molar-refractivity contribution in [3.05, 3.63) is 42.0 Å². The van der Waals surface area contributed by atoms with Gasteiger partial charge in [0.05, 0.1) is 6.54 Å². The van der Waals surface area contributed by atoms with Crippen LogP contribution in [0.1, 0.15) is 56.6 Å². The number of hydrogen-bond acceptors (Lipinski definition) is 0. The topological polar surface area (TPSA) is 16.6 Å². The zero-order valence-corrected chi connectivity index (χ0v) is 13.0. The van der Waals surface area contributed by atoms with Crippen LogP contribution in [0, 0.1) is 0 Å². The maximum absolute atomic E-state index is 3.77. The first kappa shape index (κ1) is 18.2. The maximum atomic E-state index is 3.77. The second-order valence-electron chi connectivity index (χ2n) is 4.99. The van der Waals surface area contributed by atoms with E-state index in [2.05, 4.69) is 43.1 Å². The molecule has 0 radical (unpaired) electrons. The molecule has 0 aromatic heterocycles. The molecule has 0 bridgehead atoms. The lowest BCUT2D eigenvalue weighted by Gasteiger charge is -2.03. The van der Waals surface area contributed by atoms with Crippen LogP contribution in [0.4, 0.5) is 0 Å². The second-order valence-corrected chi connectivity index (χ2v) is 4.99. The molecule has 0 amide bonds. The Bertz CT molecular complexity index is 319. The Labute approximate surface area is 124 Å². The third kappa shape index (κ3) is 8.85. The third-order valence-corrected chi connectivity index (χ3v) is 3.36. The largest absolute Gasteiger partial charge is 1.00 e. The quantitative estimate of drug-likeness (QED) is 0.610. The van der Waals surface area contributed by atoms with E-state index in [4.69, 9.17) is 0 Å². The molecule has 1 rings (SSSR count). The Morgan fingerprint density at radius 2 is 1.63 bits per heavy atom. The summed E-state index contributed by atoms with van der Waals surface area (Å²) >= 11 is 0. The van der Waals surface area contributed by atoms with Crippen LogP contribution in [0.3, 0.4) is 0 Å². The number of unbranched alkanes of at least 4 members (excludes halogenated alkanes) is 5. The molecule has 1 aromatic carbocycles. The molecule has 0 aliphatic rings. The minimum absolute atomic E-state index is 0. The van der Waals surface area contributed by atoms with Gasteiger partial charge >= 0.3 is 0 Å². The van der Waals surface area contributed by atoms with Crippen LogP contribution in [0.5, 0.6) is 0 Å². The average Bonchev–Trinajstić information content (AvgIpc) is 2.42. The van der Waals surface area contributed by atoms with Crippen LogP contribution < -0.4 is 17.7 Å². The van der Waals surface area contributed by atoms with Gasteiger partial charge in [-0.25, -0.2) is 0 Å². The lowest BCUT2D eigenvalue weighted by Crippen LogP contribution is -3.00. The predicted octanol–water partition coefficient (Wildman–Crippen LogP) is 0.758. The number of nitrogens with two attached hydrogens (primary N) is 1. The molecule has 2 heteroatoms. The molecule has 19 heavy (non-hydrogen) atoms. The standard InChI is InChI=1S/C17H27N.ClH/c1-3-5-6-7-8-9-14-18-15-17-12-10-16(4-2)11-13-17;/h4,10-13,18H,2-3,5-9,14-15H2,1H3;1H. The Hall–Kier alpha value is -0.790. The van der Waals surface area contributed by atoms with Gasteiger partial charge in [0.1, 0.15) is 6.54 Å². The average molecular weight is 282 g/mol. The predicted molar refractivity (Wildman–Crippen MR) is 80.4 cm³/mol. The Balaban J connectivity index is 0.00000324. The van der Waals surface area contributed by atoms with Crippen molar-refractivity contribution in [3.63, 3.8) is 0 Å². The Kier molecular flexibility index (Phi) is 11.7. The molecular weight excluding hydrogens is 254 g/mol. The van der Waals surface area contributed by atoms with Crippen LogP contribution in [-0.4, -0.2) is 6.54 Å².